The number of anilines is 2. The van der Waals surface area contributed by atoms with Crippen molar-refractivity contribution in [3.63, 3.8) is 0 Å². The number of benzene rings is 2. The number of nitrogens with one attached hydrogen (secondary N) is 3. The van der Waals surface area contributed by atoms with Crippen molar-refractivity contribution in [2.45, 2.75) is 44.7 Å². The fraction of sp³-hybridized carbons (Fsp3) is 0.345. The molecule has 214 valence electrons. The highest BCUT2D eigenvalue weighted by Gasteiger charge is 2.35. The van der Waals surface area contributed by atoms with Crippen LogP contribution in [-0.4, -0.2) is 59.9 Å². The molecule has 3 heterocycles. The summed E-state index contributed by atoms with van der Waals surface area (Å²) in [5.74, 6) is 0.606. The number of hydrogen-bond acceptors (Lipinski definition) is 8. The number of ether oxygens (including phenoxy) is 1. The zero-order valence-electron chi connectivity index (χ0n) is 22.9. The fourth-order valence-corrected chi connectivity index (χ4v) is 6.25. The van der Waals surface area contributed by atoms with Crippen LogP contribution in [0.4, 0.5) is 16.0 Å². The molecule has 10 nitrogen and oxygen atoms in total. The fourth-order valence-electron chi connectivity index (χ4n) is 5.03. The van der Waals surface area contributed by atoms with Crippen LogP contribution in [0, 0.1) is 12.7 Å². The second kappa shape index (κ2) is 11.2. The molecule has 2 fully saturated rings. The monoisotopic (exact) mass is 577 g/mol. The molecule has 12 heteroatoms. The van der Waals surface area contributed by atoms with Crippen molar-refractivity contribution in [3.8, 4) is 22.9 Å². The summed E-state index contributed by atoms with van der Waals surface area (Å²) in [6.07, 6.45) is 7.03. The van der Waals surface area contributed by atoms with E-state index in [1.165, 1.54) is 17.4 Å². The average molecular weight is 578 g/mol. The molecule has 0 unspecified atom stereocenters. The lowest BCUT2D eigenvalue weighted by atomic mass is 10.0. The molecule has 2 aliphatic rings. The maximum absolute atomic E-state index is 15.1. The SMILES string of the molecule is Cc1ccc2c(NS(=O)(=O)N(C)C3CC3)c(F)ccc2c1Oc1ncccc1-c1ccnc(N[C@H]2CCCNC2)n1. The molecule has 1 saturated carbocycles. The predicted octanol–water partition coefficient (Wildman–Crippen LogP) is 4.85. The summed E-state index contributed by atoms with van der Waals surface area (Å²) in [7, 11) is -2.43. The molecule has 1 atom stereocenters. The van der Waals surface area contributed by atoms with Gasteiger partial charge in [-0.15, -0.1) is 0 Å². The molecule has 2 aromatic carbocycles. The molecule has 0 bridgehead atoms. The Morgan fingerprint density at radius 3 is 2.66 bits per heavy atom. The summed E-state index contributed by atoms with van der Waals surface area (Å²) in [5, 5.41) is 7.71. The van der Waals surface area contributed by atoms with Gasteiger partial charge in [-0.05, 0) is 75.0 Å². The van der Waals surface area contributed by atoms with Crippen LogP contribution in [-0.2, 0) is 10.2 Å². The standard InChI is InChI=1S/C29H32FN7O3S/c1-18-7-10-21-22(11-12-24(30)26(21)36-41(38,39)37(2)20-8-9-20)27(18)40-28-23(6-4-15-32-28)25-13-16-33-29(35-25)34-19-5-3-14-31-17-19/h4,6-7,10-13,15-16,19-20,31,36H,3,5,8-9,14,17H2,1-2H3,(H,33,34,35)/t19-/m0/s1. The van der Waals surface area contributed by atoms with Crippen LogP contribution in [0.25, 0.3) is 22.0 Å². The number of rotatable bonds is 9. The van der Waals surface area contributed by atoms with Crippen molar-refractivity contribution < 1.29 is 17.5 Å². The highest BCUT2D eigenvalue weighted by Crippen LogP contribution is 2.40. The molecular weight excluding hydrogens is 545 g/mol. The summed E-state index contributed by atoms with van der Waals surface area (Å²) in [6, 6.07) is 11.9. The van der Waals surface area contributed by atoms with Crippen LogP contribution < -0.4 is 20.1 Å². The number of hydrogen-bond donors (Lipinski definition) is 3. The topological polar surface area (TPSA) is 121 Å². The zero-order chi connectivity index (χ0) is 28.6. The average Bonchev–Trinajstić information content (AvgIpc) is 3.82. The van der Waals surface area contributed by atoms with Crippen molar-refractivity contribution in [2.24, 2.45) is 0 Å². The zero-order valence-corrected chi connectivity index (χ0v) is 23.7. The molecule has 0 spiro atoms. The van der Waals surface area contributed by atoms with E-state index >= 15 is 4.39 Å². The summed E-state index contributed by atoms with van der Waals surface area (Å²) in [4.78, 5) is 13.6. The summed E-state index contributed by atoms with van der Waals surface area (Å²) >= 11 is 0. The van der Waals surface area contributed by atoms with Gasteiger partial charge in [-0.2, -0.15) is 12.7 Å². The second-order valence-corrected chi connectivity index (χ2v) is 12.2. The van der Waals surface area contributed by atoms with E-state index in [0.717, 1.165) is 44.3 Å². The van der Waals surface area contributed by atoms with Gasteiger partial charge in [0.2, 0.25) is 11.8 Å². The minimum Gasteiger partial charge on any atom is -0.437 e. The van der Waals surface area contributed by atoms with Gasteiger partial charge in [-0.1, -0.05) is 12.1 Å². The number of aryl methyl sites for hydroxylation is 1. The van der Waals surface area contributed by atoms with E-state index < -0.39 is 16.0 Å². The first-order valence-corrected chi connectivity index (χ1v) is 15.2. The van der Waals surface area contributed by atoms with Gasteiger partial charge in [-0.25, -0.2) is 19.3 Å². The lowest BCUT2D eigenvalue weighted by molar-refractivity contribution is 0.466. The van der Waals surface area contributed by atoms with E-state index in [1.807, 2.05) is 13.0 Å². The van der Waals surface area contributed by atoms with Crippen LogP contribution in [0.5, 0.6) is 11.6 Å². The maximum atomic E-state index is 15.1. The highest BCUT2D eigenvalue weighted by atomic mass is 32.2. The molecule has 6 rings (SSSR count). The first-order valence-electron chi connectivity index (χ1n) is 13.7. The first kappa shape index (κ1) is 27.3. The minimum absolute atomic E-state index is 0.0638. The lowest BCUT2D eigenvalue weighted by Gasteiger charge is -2.23. The predicted molar refractivity (Wildman–Crippen MR) is 157 cm³/mol. The van der Waals surface area contributed by atoms with Gasteiger partial charge in [0.1, 0.15) is 11.6 Å². The van der Waals surface area contributed by atoms with Gasteiger partial charge in [0.15, 0.2) is 0 Å². The first-order chi connectivity index (χ1) is 19.8. The number of aromatic nitrogens is 3. The van der Waals surface area contributed by atoms with E-state index in [-0.39, 0.29) is 17.8 Å². The van der Waals surface area contributed by atoms with Crippen molar-refractivity contribution in [1.82, 2.24) is 24.6 Å². The number of nitrogens with zero attached hydrogens (tertiary/aromatic N) is 4. The van der Waals surface area contributed by atoms with Crippen LogP contribution in [0.15, 0.2) is 54.9 Å². The van der Waals surface area contributed by atoms with Gasteiger partial charge in [0, 0.05) is 48.8 Å². The third-order valence-corrected chi connectivity index (χ3v) is 9.02. The normalized spacial score (nSPS) is 17.5. The lowest BCUT2D eigenvalue weighted by Crippen LogP contribution is -2.38. The molecule has 1 aliphatic heterocycles. The molecule has 2 aromatic heterocycles. The van der Waals surface area contributed by atoms with E-state index in [9.17, 15) is 8.42 Å². The van der Waals surface area contributed by atoms with Gasteiger partial charge < -0.3 is 15.4 Å². The highest BCUT2D eigenvalue weighted by molar-refractivity contribution is 7.90. The van der Waals surface area contributed by atoms with E-state index in [4.69, 9.17) is 9.72 Å². The Labute approximate surface area is 238 Å². The Morgan fingerprint density at radius 2 is 1.88 bits per heavy atom. The van der Waals surface area contributed by atoms with Crippen LogP contribution in [0.2, 0.25) is 0 Å². The molecule has 0 amide bonds. The van der Waals surface area contributed by atoms with E-state index in [0.29, 0.717) is 39.6 Å². The third kappa shape index (κ3) is 5.81. The Morgan fingerprint density at radius 1 is 1.05 bits per heavy atom. The van der Waals surface area contributed by atoms with Gasteiger partial charge in [0.05, 0.1) is 16.9 Å². The van der Waals surface area contributed by atoms with Gasteiger partial charge >= 0.3 is 10.2 Å². The van der Waals surface area contributed by atoms with E-state index in [2.05, 4.69) is 25.3 Å². The van der Waals surface area contributed by atoms with Crippen LogP contribution in [0.3, 0.4) is 0 Å². The summed E-state index contributed by atoms with van der Waals surface area (Å²) < 4.78 is 51.1. The molecule has 1 aliphatic carbocycles. The van der Waals surface area contributed by atoms with E-state index in [1.54, 1.807) is 42.7 Å². The Balaban J connectivity index is 1.34. The van der Waals surface area contributed by atoms with Gasteiger partial charge in [-0.3, -0.25) is 4.72 Å². The number of pyridine rings is 1. The quantitative estimate of drug-likeness (QED) is 0.258. The third-order valence-electron chi connectivity index (χ3n) is 7.50. The number of fused-ring (bicyclic) bond motifs is 1. The second-order valence-electron chi connectivity index (χ2n) is 10.5. The van der Waals surface area contributed by atoms with Crippen molar-refractivity contribution in [3.05, 3.63) is 66.2 Å². The smallest absolute Gasteiger partial charge is 0.301 e. The summed E-state index contributed by atoms with van der Waals surface area (Å²) in [5.41, 5.74) is 1.95. The molecular formula is C29H32FN7O3S. The van der Waals surface area contributed by atoms with Crippen molar-refractivity contribution in [2.75, 3.05) is 30.2 Å². The minimum atomic E-state index is -3.94. The molecule has 0 radical (unpaired) electrons. The van der Waals surface area contributed by atoms with Crippen molar-refractivity contribution in [1.29, 1.82) is 0 Å². The molecule has 4 aromatic rings. The van der Waals surface area contributed by atoms with Gasteiger partial charge in [0.25, 0.3) is 0 Å². The Bertz CT molecular complexity index is 1690. The molecule has 41 heavy (non-hydrogen) atoms. The van der Waals surface area contributed by atoms with Crippen LogP contribution in [0.1, 0.15) is 31.2 Å². The maximum Gasteiger partial charge on any atom is 0.301 e. The number of piperidine rings is 1. The molecule has 1 saturated heterocycles. The molecule has 3 N–H and O–H groups in total. The van der Waals surface area contributed by atoms with Crippen LogP contribution >= 0.6 is 0 Å². The van der Waals surface area contributed by atoms with Crippen molar-refractivity contribution >= 4 is 32.6 Å². The largest absolute Gasteiger partial charge is 0.437 e. The Hall–Kier alpha value is -3.87. The summed E-state index contributed by atoms with van der Waals surface area (Å²) in [6.45, 7) is 3.74. The number of halogens is 1. The Kier molecular flexibility index (Phi) is 7.45.